The summed E-state index contributed by atoms with van der Waals surface area (Å²) in [6.45, 7) is 0. The zero-order valence-corrected chi connectivity index (χ0v) is 11.5. The van der Waals surface area contributed by atoms with E-state index in [9.17, 15) is 0 Å². The fourth-order valence-corrected chi connectivity index (χ4v) is 4.06. The zero-order chi connectivity index (χ0) is 10.1. The maximum atomic E-state index is 5.74. The van der Waals surface area contributed by atoms with Crippen LogP contribution in [0.2, 0.25) is 0 Å². The maximum Gasteiger partial charge on any atom is 0.181 e. The smallest absolute Gasteiger partial charge is 0.181 e. The fourth-order valence-electron chi connectivity index (χ4n) is 1.08. The third-order valence-corrected chi connectivity index (χ3v) is 4.26. The highest BCUT2D eigenvalue weighted by molar-refractivity contribution is 9.12. The lowest BCUT2D eigenvalue weighted by Crippen LogP contribution is -1.80. The molecule has 0 fully saturated rings. The number of aromatic nitrogens is 1. The lowest BCUT2D eigenvalue weighted by Gasteiger charge is -1.94. The molecule has 0 atom stereocenters. The first kappa shape index (κ1) is 10.7. The highest BCUT2D eigenvalue weighted by Crippen LogP contribution is 2.39. The number of rotatable bonds is 2. The summed E-state index contributed by atoms with van der Waals surface area (Å²) >= 11 is 14.2. The molecule has 0 aromatic carbocycles. The predicted octanol–water partition coefficient (Wildman–Crippen LogP) is 4.67. The summed E-state index contributed by atoms with van der Waals surface area (Å²) < 4.78 is 7.34. The van der Waals surface area contributed by atoms with Crippen LogP contribution in [0.1, 0.15) is 5.69 Å². The van der Waals surface area contributed by atoms with Crippen LogP contribution in [0.15, 0.2) is 24.4 Å². The highest BCUT2D eigenvalue weighted by Gasteiger charge is 2.15. The van der Waals surface area contributed by atoms with E-state index in [4.69, 9.17) is 16.0 Å². The molecular weight excluding hydrogens is 353 g/mol. The monoisotopic (exact) mass is 355 g/mol. The second-order valence-electron chi connectivity index (χ2n) is 2.50. The van der Waals surface area contributed by atoms with E-state index in [0.29, 0.717) is 5.88 Å². The molecule has 2 rings (SSSR count). The van der Waals surface area contributed by atoms with E-state index in [1.807, 2.05) is 6.07 Å². The predicted molar refractivity (Wildman–Crippen MR) is 64.8 cm³/mol. The molecule has 0 N–H and O–H groups in total. The molecule has 0 aliphatic heterocycles. The van der Waals surface area contributed by atoms with Gasteiger partial charge in [-0.1, -0.05) is 0 Å². The molecule has 0 unspecified atom stereocenters. The summed E-state index contributed by atoms with van der Waals surface area (Å²) in [7, 11) is 0. The van der Waals surface area contributed by atoms with Crippen molar-refractivity contribution in [3.8, 4) is 11.3 Å². The molecule has 14 heavy (non-hydrogen) atoms. The minimum absolute atomic E-state index is 0.353. The van der Waals surface area contributed by atoms with Crippen LogP contribution < -0.4 is 0 Å². The van der Waals surface area contributed by atoms with Gasteiger partial charge in [-0.15, -0.1) is 22.9 Å². The first-order valence-corrected chi connectivity index (χ1v) is 6.59. The van der Waals surface area contributed by atoms with Crippen molar-refractivity contribution in [3.05, 3.63) is 25.7 Å². The van der Waals surface area contributed by atoms with Gasteiger partial charge in [-0.05, 0) is 37.9 Å². The Labute approximate surface area is 107 Å². The number of halogens is 3. The molecule has 0 amide bonds. The molecule has 0 radical (unpaired) electrons. The molecule has 0 saturated heterocycles. The number of nitrogens with zero attached hydrogens (tertiary/aromatic N) is 1. The van der Waals surface area contributed by atoms with Crippen molar-refractivity contribution in [2.75, 3.05) is 0 Å². The molecule has 2 aromatic heterocycles. The summed E-state index contributed by atoms with van der Waals surface area (Å²) in [4.78, 5) is 4.03. The summed E-state index contributed by atoms with van der Waals surface area (Å²) in [6, 6.07) is 1.98. The van der Waals surface area contributed by atoms with E-state index in [1.54, 1.807) is 11.3 Å². The Morgan fingerprint density at radius 1 is 1.50 bits per heavy atom. The third-order valence-electron chi connectivity index (χ3n) is 1.67. The summed E-state index contributed by atoms with van der Waals surface area (Å²) in [5.41, 5.74) is 1.74. The molecule has 2 nitrogen and oxygen atoms in total. The average molecular weight is 357 g/mol. The Morgan fingerprint density at radius 2 is 2.29 bits per heavy atom. The van der Waals surface area contributed by atoms with Gasteiger partial charge in [-0.3, -0.25) is 0 Å². The van der Waals surface area contributed by atoms with Crippen LogP contribution in [0, 0.1) is 0 Å². The summed E-state index contributed by atoms with van der Waals surface area (Å²) in [5, 5.41) is 0. The fraction of sp³-hybridized carbons (Fsp3) is 0.125. The highest BCUT2D eigenvalue weighted by atomic mass is 79.9. The standard InChI is InChI=1S/C8H4Br2ClNOS/c9-6-1-4(8(10)14-6)7-5(2-11)12-3-13-7/h1,3H,2H2. The number of hydrogen-bond donors (Lipinski definition) is 0. The lowest BCUT2D eigenvalue weighted by molar-refractivity contribution is 0.571. The van der Waals surface area contributed by atoms with Gasteiger partial charge in [0.15, 0.2) is 12.2 Å². The van der Waals surface area contributed by atoms with Gasteiger partial charge in [0, 0.05) is 5.56 Å². The van der Waals surface area contributed by atoms with E-state index in [1.165, 1.54) is 6.39 Å². The van der Waals surface area contributed by atoms with E-state index < -0.39 is 0 Å². The number of oxazole rings is 1. The van der Waals surface area contributed by atoms with E-state index in [2.05, 4.69) is 36.8 Å². The van der Waals surface area contributed by atoms with Gasteiger partial charge in [0.05, 0.1) is 13.5 Å². The first-order valence-electron chi connectivity index (χ1n) is 3.66. The molecule has 0 saturated carbocycles. The van der Waals surface area contributed by atoms with Crippen LogP contribution >= 0.6 is 54.8 Å². The van der Waals surface area contributed by atoms with Crippen molar-refractivity contribution < 1.29 is 4.42 Å². The van der Waals surface area contributed by atoms with Gasteiger partial charge < -0.3 is 4.42 Å². The van der Waals surface area contributed by atoms with Crippen molar-refractivity contribution >= 4 is 54.8 Å². The Morgan fingerprint density at radius 3 is 2.86 bits per heavy atom. The average Bonchev–Trinajstić information content (AvgIpc) is 2.71. The van der Waals surface area contributed by atoms with Gasteiger partial charge in [-0.25, -0.2) is 4.98 Å². The normalized spacial score (nSPS) is 10.8. The number of alkyl halides is 1. The van der Waals surface area contributed by atoms with Crippen LogP contribution in [0.3, 0.4) is 0 Å². The van der Waals surface area contributed by atoms with Crippen LogP contribution in [-0.4, -0.2) is 4.98 Å². The van der Waals surface area contributed by atoms with Gasteiger partial charge in [-0.2, -0.15) is 0 Å². The molecule has 6 heteroatoms. The Kier molecular flexibility index (Phi) is 3.31. The van der Waals surface area contributed by atoms with Crippen molar-refractivity contribution in [2.24, 2.45) is 0 Å². The van der Waals surface area contributed by atoms with Gasteiger partial charge in [0.1, 0.15) is 5.69 Å². The molecular formula is C8H4Br2ClNOS. The second kappa shape index (κ2) is 4.35. The molecule has 2 aromatic rings. The quantitative estimate of drug-likeness (QED) is 0.730. The molecule has 0 aliphatic carbocycles. The lowest BCUT2D eigenvalue weighted by atomic mass is 10.2. The van der Waals surface area contributed by atoms with E-state index in [-0.39, 0.29) is 0 Å². The van der Waals surface area contributed by atoms with Crippen molar-refractivity contribution in [1.82, 2.24) is 4.98 Å². The molecule has 0 aliphatic rings. The van der Waals surface area contributed by atoms with Gasteiger partial charge >= 0.3 is 0 Å². The Hall–Kier alpha value is 0.160. The summed E-state index contributed by atoms with van der Waals surface area (Å²) in [6.07, 6.45) is 1.41. The van der Waals surface area contributed by atoms with E-state index in [0.717, 1.165) is 24.6 Å². The van der Waals surface area contributed by atoms with Crippen LogP contribution in [0.4, 0.5) is 0 Å². The topological polar surface area (TPSA) is 26.0 Å². The minimum Gasteiger partial charge on any atom is -0.443 e. The number of hydrogen-bond acceptors (Lipinski definition) is 3. The molecule has 0 spiro atoms. The van der Waals surface area contributed by atoms with Gasteiger partial charge in [0.25, 0.3) is 0 Å². The van der Waals surface area contributed by atoms with Crippen LogP contribution in [-0.2, 0) is 5.88 Å². The number of thiophene rings is 1. The molecule has 0 bridgehead atoms. The van der Waals surface area contributed by atoms with E-state index >= 15 is 0 Å². The first-order chi connectivity index (χ1) is 6.72. The molecule has 74 valence electrons. The van der Waals surface area contributed by atoms with Crippen LogP contribution in [0.25, 0.3) is 11.3 Å². The minimum atomic E-state index is 0.353. The van der Waals surface area contributed by atoms with Crippen molar-refractivity contribution in [2.45, 2.75) is 5.88 Å². The van der Waals surface area contributed by atoms with Crippen molar-refractivity contribution in [1.29, 1.82) is 0 Å². The Bertz CT molecular complexity index is 454. The second-order valence-corrected chi connectivity index (χ2v) is 6.52. The van der Waals surface area contributed by atoms with Crippen molar-refractivity contribution in [3.63, 3.8) is 0 Å². The Balaban J connectivity index is 2.53. The van der Waals surface area contributed by atoms with Gasteiger partial charge in [0.2, 0.25) is 0 Å². The zero-order valence-electron chi connectivity index (χ0n) is 6.76. The van der Waals surface area contributed by atoms with Crippen LogP contribution in [0.5, 0.6) is 0 Å². The third kappa shape index (κ3) is 1.91. The summed E-state index contributed by atoms with van der Waals surface area (Å²) in [5.74, 6) is 1.08. The molecule has 2 heterocycles. The largest absolute Gasteiger partial charge is 0.443 e. The SMILES string of the molecule is ClCc1ncoc1-c1cc(Br)sc1Br. The maximum absolute atomic E-state index is 5.74.